The van der Waals surface area contributed by atoms with Gasteiger partial charge in [0, 0.05) is 33.2 Å². The van der Waals surface area contributed by atoms with E-state index in [0.717, 1.165) is 32.5 Å². The van der Waals surface area contributed by atoms with Gasteiger partial charge in [0.05, 0.1) is 0 Å². The number of nitrogens with two attached hydrogens (primary N) is 1. The normalized spacial score (nSPS) is 19.3. The van der Waals surface area contributed by atoms with Crippen LogP contribution in [-0.2, 0) is 4.74 Å². The highest BCUT2D eigenvalue weighted by molar-refractivity contribution is 5.66. The smallest absolute Gasteiger partial charge is 0.407 e. The maximum atomic E-state index is 10.9. The molecule has 0 aromatic rings. The SMILES string of the molecule is CNC(=O)OC1CCN(CCN)CC1. The van der Waals surface area contributed by atoms with Crippen molar-refractivity contribution in [2.75, 3.05) is 33.2 Å². The molecule has 1 fully saturated rings. The number of hydrogen-bond donors (Lipinski definition) is 2. The minimum absolute atomic E-state index is 0.0731. The molecule has 0 spiro atoms. The second-order valence-electron chi connectivity index (χ2n) is 3.48. The predicted molar refractivity (Wildman–Crippen MR) is 54.1 cm³/mol. The third-order valence-electron chi connectivity index (χ3n) is 2.46. The summed E-state index contributed by atoms with van der Waals surface area (Å²) in [5.74, 6) is 0. The van der Waals surface area contributed by atoms with E-state index in [1.165, 1.54) is 0 Å². The van der Waals surface area contributed by atoms with Gasteiger partial charge in [-0.2, -0.15) is 0 Å². The monoisotopic (exact) mass is 201 g/mol. The molecule has 3 N–H and O–H groups in total. The maximum absolute atomic E-state index is 10.9. The fourth-order valence-corrected chi connectivity index (χ4v) is 1.64. The number of likely N-dealkylation sites (tertiary alicyclic amines) is 1. The molecule has 0 saturated carbocycles. The molecule has 0 unspecified atom stereocenters. The van der Waals surface area contributed by atoms with Crippen molar-refractivity contribution in [2.24, 2.45) is 5.73 Å². The lowest BCUT2D eigenvalue weighted by Crippen LogP contribution is -2.41. The molecule has 0 aromatic carbocycles. The van der Waals surface area contributed by atoms with E-state index in [0.29, 0.717) is 6.54 Å². The molecular formula is C9H19N3O2. The first-order valence-corrected chi connectivity index (χ1v) is 5.07. The molecule has 5 nitrogen and oxygen atoms in total. The summed E-state index contributed by atoms with van der Waals surface area (Å²) in [6, 6.07) is 0. The molecule has 0 aromatic heterocycles. The molecule has 0 radical (unpaired) electrons. The zero-order chi connectivity index (χ0) is 10.4. The van der Waals surface area contributed by atoms with Crippen LogP contribution in [-0.4, -0.2) is 50.3 Å². The Morgan fingerprint density at radius 1 is 1.57 bits per heavy atom. The van der Waals surface area contributed by atoms with Crippen LogP contribution in [0.3, 0.4) is 0 Å². The average Bonchev–Trinajstić information content (AvgIpc) is 2.21. The van der Waals surface area contributed by atoms with E-state index in [1.54, 1.807) is 7.05 Å². The second-order valence-corrected chi connectivity index (χ2v) is 3.48. The molecule has 1 amide bonds. The number of hydrogen-bond acceptors (Lipinski definition) is 4. The highest BCUT2D eigenvalue weighted by atomic mass is 16.6. The number of carbonyl (C=O) groups is 1. The molecule has 0 bridgehead atoms. The van der Waals surface area contributed by atoms with Crippen molar-refractivity contribution in [3.8, 4) is 0 Å². The Kier molecular flexibility index (Phi) is 4.69. The minimum Gasteiger partial charge on any atom is -0.446 e. The maximum Gasteiger partial charge on any atom is 0.407 e. The van der Waals surface area contributed by atoms with Gasteiger partial charge in [-0.1, -0.05) is 0 Å². The summed E-state index contributed by atoms with van der Waals surface area (Å²) >= 11 is 0. The quantitative estimate of drug-likeness (QED) is 0.661. The number of nitrogens with zero attached hydrogens (tertiary/aromatic N) is 1. The fourth-order valence-electron chi connectivity index (χ4n) is 1.64. The summed E-state index contributed by atoms with van der Waals surface area (Å²) < 4.78 is 5.16. The lowest BCUT2D eigenvalue weighted by atomic mass is 10.1. The Hall–Kier alpha value is -0.810. The summed E-state index contributed by atoms with van der Waals surface area (Å²) in [6.45, 7) is 3.57. The number of ether oxygens (including phenoxy) is 1. The van der Waals surface area contributed by atoms with Gasteiger partial charge in [-0.15, -0.1) is 0 Å². The number of alkyl carbamates (subject to hydrolysis) is 1. The van der Waals surface area contributed by atoms with Crippen LogP contribution in [0.2, 0.25) is 0 Å². The number of nitrogens with one attached hydrogen (secondary N) is 1. The van der Waals surface area contributed by atoms with Crippen molar-refractivity contribution in [1.82, 2.24) is 10.2 Å². The topological polar surface area (TPSA) is 67.6 Å². The standard InChI is InChI=1S/C9H19N3O2/c1-11-9(13)14-8-2-5-12(6-3-8)7-4-10/h8H,2-7,10H2,1H3,(H,11,13). The minimum atomic E-state index is -0.331. The van der Waals surface area contributed by atoms with Crippen LogP contribution in [0.1, 0.15) is 12.8 Å². The zero-order valence-corrected chi connectivity index (χ0v) is 8.66. The molecule has 82 valence electrons. The van der Waals surface area contributed by atoms with E-state index in [-0.39, 0.29) is 12.2 Å². The van der Waals surface area contributed by atoms with E-state index in [9.17, 15) is 4.79 Å². The van der Waals surface area contributed by atoms with Gasteiger partial charge in [0.25, 0.3) is 0 Å². The Morgan fingerprint density at radius 3 is 2.71 bits per heavy atom. The molecule has 1 aliphatic rings. The zero-order valence-electron chi connectivity index (χ0n) is 8.66. The molecule has 1 saturated heterocycles. The molecule has 1 heterocycles. The fraction of sp³-hybridized carbons (Fsp3) is 0.889. The van der Waals surface area contributed by atoms with Crippen molar-refractivity contribution in [2.45, 2.75) is 18.9 Å². The first-order valence-electron chi connectivity index (χ1n) is 5.07. The first-order chi connectivity index (χ1) is 6.76. The van der Waals surface area contributed by atoms with Crippen molar-refractivity contribution in [1.29, 1.82) is 0 Å². The van der Waals surface area contributed by atoms with Crippen LogP contribution < -0.4 is 11.1 Å². The summed E-state index contributed by atoms with van der Waals surface area (Å²) in [5.41, 5.74) is 5.46. The summed E-state index contributed by atoms with van der Waals surface area (Å²) in [6.07, 6.45) is 1.56. The van der Waals surface area contributed by atoms with Gasteiger partial charge in [0.1, 0.15) is 6.10 Å². The summed E-state index contributed by atoms with van der Waals surface area (Å²) in [7, 11) is 1.58. The van der Waals surface area contributed by atoms with Crippen molar-refractivity contribution < 1.29 is 9.53 Å². The largest absolute Gasteiger partial charge is 0.446 e. The van der Waals surface area contributed by atoms with Gasteiger partial charge >= 0.3 is 6.09 Å². The second kappa shape index (κ2) is 5.82. The highest BCUT2D eigenvalue weighted by Crippen LogP contribution is 2.12. The lowest BCUT2D eigenvalue weighted by molar-refractivity contribution is 0.0527. The van der Waals surface area contributed by atoms with Gasteiger partial charge in [0.15, 0.2) is 0 Å². The molecule has 0 aliphatic carbocycles. The Morgan fingerprint density at radius 2 is 2.21 bits per heavy atom. The number of amides is 1. The lowest BCUT2D eigenvalue weighted by Gasteiger charge is -2.30. The summed E-state index contributed by atoms with van der Waals surface area (Å²) in [4.78, 5) is 13.2. The summed E-state index contributed by atoms with van der Waals surface area (Å²) in [5, 5.41) is 2.45. The molecule has 5 heteroatoms. The van der Waals surface area contributed by atoms with Crippen molar-refractivity contribution >= 4 is 6.09 Å². The van der Waals surface area contributed by atoms with Crippen LogP contribution >= 0.6 is 0 Å². The Labute approximate surface area is 84.6 Å². The van der Waals surface area contributed by atoms with Crippen LogP contribution in [0, 0.1) is 0 Å². The number of rotatable bonds is 3. The third kappa shape index (κ3) is 3.51. The average molecular weight is 201 g/mol. The third-order valence-corrected chi connectivity index (χ3v) is 2.46. The molecule has 1 rings (SSSR count). The molecular weight excluding hydrogens is 182 g/mol. The van der Waals surface area contributed by atoms with Crippen LogP contribution in [0.5, 0.6) is 0 Å². The molecule has 0 atom stereocenters. The number of carbonyl (C=O) groups excluding carboxylic acids is 1. The number of piperidine rings is 1. The van der Waals surface area contributed by atoms with Gasteiger partial charge in [0.2, 0.25) is 0 Å². The van der Waals surface area contributed by atoms with Gasteiger partial charge in [-0.05, 0) is 12.8 Å². The predicted octanol–water partition coefficient (Wildman–Crippen LogP) is -0.234. The van der Waals surface area contributed by atoms with E-state index in [4.69, 9.17) is 10.5 Å². The van der Waals surface area contributed by atoms with Crippen molar-refractivity contribution in [3.63, 3.8) is 0 Å². The van der Waals surface area contributed by atoms with E-state index in [1.807, 2.05) is 0 Å². The Bertz CT molecular complexity index is 179. The van der Waals surface area contributed by atoms with Gasteiger partial charge < -0.3 is 20.7 Å². The van der Waals surface area contributed by atoms with E-state index < -0.39 is 0 Å². The Balaban J connectivity index is 2.18. The van der Waals surface area contributed by atoms with Gasteiger partial charge in [-0.3, -0.25) is 0 Å². The molecule has 14 heavy (non-hydrogen) atoms. The van der Waals surface area contributed by atoms with Gasteiger partial charge in [-0.25, -0.2) is 4.79 Å². The molecule has 1 aliphatic heterocycles. The first kappa shape index (κ1) is 11.3. The van der Waals surface area contributed by atoms with E-state index >= 15 is 0 Å². The highest BCUT2D eigenvalue weighted by Gasteiger charge is 2.21. The van der Waals surface area contributed by atoms with Crippen molar-refractivity contribution in [3.05, 3.63) is 0 Å². The van der Waals surface area contributed by atoms with Crippen LogP contribution in [0.15, 0.2) is 0 Å². The van der Waals surface area contributed by atoms with Crippen LogP contribution in [0.25, 0.3) is 0 Å². The van der Waals surface area contributed by atoms with E-state index in [2.05, 4.69) is 10.2 Å². The van der Waals surface area contributed by atoms with Crippen LogP contribution in [0.4, 0.5) is 4.79 Å².